The Kier molecular flexibility index (Phi) is 7.22. The maximum Gasteiger partial charge on any atom is 0.328 e. The summed E-state index contributed by atoms with van der Waals surface area (Å²) in [5.41, 5.74) is 0. The van der Waals surface area contributed by atoms with E-state index >= 15 is 0 Å². The van der Waals surface area contributed by atoms with Crippen molar-refractivity contribution in [1.29, 1.82) is 0 Å². The van der Waals surface area contributed by atoms with Crippen molar-refractivity contribution in [1.82, 2.24) is 5.32 Å². The molecule has 1 N–H and O–H groups in total. The maximum absolute atomic E-state index is 12.2. The Balaban J connectivity index is 2.49. The number of nitrogens with one attached hydrogen (secondary N) is 1. The Morgan fingerprint density at radius 3 is 2.75 bits per heavy atom. The predicted octanol–water partition coefficient (Wildman–Crippen LogP) is 0.829. The molecule has 0 bridgehead atoms. The van der Waals surface area contributed by atoms with Crippen LogP contribution in [0, 0.1) is 5.92 Å². The average Bonchev–Trinajstić information content (AvgIpc) is 2.49. The number of carbonyl (C=O) groups is 3. The summed E-state index contributed by atoms with van der Waals surface area (Å²) in [6.07, 6.45) is 4.29. The minimum absolute atomic E-state index is 0.0529. The lowest BCUT2D eigenvalue weighted by Gasteiger charge is -2.28. The average molecular weight is 285 g/mol. The van der Waals surface area contributed by atoms with E-state index in [0.29, 0.717) is 19.1 Å². The summed E-state index contributed by atoms with van der Waals surface area (Å²) in [5, 5.41) is 2.73. The van der Waals surface area contributed by atoms with E-state index in [0.717, 1.165) is 19.3 Å². The smallest absolute Gasteiger partial charge is 0.328 e. The van der Waals surface area contributed by atoms with Gasteiger partial charge < -0.3 is 19.6 Å². The number of rotatable bonds is 7. The molecule has 0 aromatic heterocycles. The Morgan fingerprint density at radius 2 is 2.15 bits per heavy atom. The second-order valence-electron chi connectivity index (χ2n) is 4.98. The molecule has 114 valence electrons. The molecule has 1 saturated carbocycles. The molecule has 0 saturated heterocycles. The summed E-state index contributed by atoms with van der Waals surface area (Å²) in [5.74, 6) is -0.730. The number of amides is 1. The SMILES string of the molecule is CCC(NC(=O)[C@@H]1CCC[C@H](OCC=O)C1)C(=O)OC. The molecule has 1 unspecified atom stereocenters. The molecule has 20 heavy (non-hydrogen) atoms. The zero-order valence-corrected chi connectivity index (χ0v) is 12.1. The van der Waals surface area contributed by atoms with Crippen molar-refractivity contribution >= 4 is 18.2 Å². The number of methoxy groups -OCH3 is 1. The van der Waals surface area contributed by atoms with E-state index in [9.17, 15) is 14.4 Å². The molecule has 1 rings (SSSR count). The molecule has 1 aliphatic rings. The lowest BCUT2D eigenvalue weighted by molar-refractivity contribution is -0.146. The molecule has 0 aliphatic heterocycles. The third-order valence-corrected chi connectivity index (χ3v) is 3.61. The fraction of sp³-hybridized carbons (Fsp3) is 0.786. The highest BCUT2D eigenvalue weighted by Gasteiger charge is 2.30. The minimum Gasteiger partial charge on any atom is -0.467 e. The highest BCUT2D eigenvalue weighted by Crippen LogP contribution is 2.26. The van der Waals surface area contributed by atoms with Crippen LogP contribution in [0.2, 0.25) is 0 Å². The predicted molar refractivity (Wildman–Crippen MR) is 72.0 cm³/mol. The molecule has 1 aliphatic carbocycles. The molecule has 3 atom stereocenters. The van der Waals surface area contributed by atoms with Gasteiger partial charge in [-0.15, -0.1) is 0 Å². The van der Waals surface area contributed by atoms with Crippen molar-refractivity contribution in [2.24, 2.45) is 5.92 Å². The van der Waals surface area contributed by atoms with E-state index in [2.05, 4.69) is 10.1 Å². The zero-order chi connectivity index (χ0) is 15.0. The van der Waals surface area contributed by atoms with E-state index in [1.165, 1.54) is 7.11 Å². The van der Waals surface area contributed by atoms with E-state index in [1.807, 2.05) is 6.92 Å². The van der Waals surface area contributed by atoms with Crippen LogP contribution in [0.3, 0.4) is 0 Å². The van der Waals surface area contributed by atoms with E-state index < -0.39 is 12.0 Å². The number of hydrogen-bond acceptors (Lipinski definition) is 5. The number of carbonyl (C=O) groups excluding carboxylic acids is 3. The number of hydrogen-bond donors (Lipinski definition) is 1. The normalized spacial score (nSPS) is 23.7. The zero-order valence-electron chi connectivity index (χ0n) is 12.1. The van der Waals surface area contributed by atoms with Crippen molar-refractivity contribution in [2.75, 3.05) is 13.7 Å². The first-order valence-corrected chi connectivity index (χ1v) is 7.05. The van der Waals surface area contributed by atoms with Crippen molar-refractivity contribution in [3.63, 3.8) is 0 Å². The van der Waals surface area contributed by atoms with Gasteiger partial charge in [-0.25, -0.2) is 4.79 Å². The van der Waals surface area contributed by atoms with Gasteiger partial charge in [0, 0.05) is 5.92 Å². The molecule has 0 aromatic rings. The second kappa shape index (κ2) is 8.68. The van der Waals surface area contributed by atoms with Crippen LogP contribution in [0.1, 0.15) is 39.0 Å². The molecule has 6 heteroatoms. The van der Waals surface area contributed by atoms with Crippen molar-refractivity contribution < 1.29 is 23.9 Å². The molecule has 0 spiro atoms. The van der Waals surface area contributed by atoms with Gasteiger partial charge in [0.25, 0.3) is 0 Å². The molecular formula is C14H23NO5. The first kappa shape index (κ1) is 16.6. The molecule has 0 aromatic carbocycles. The van der Waals surface area contributed by atoms with Gasteiger partial charge in [0.1, 0.15) is 18.9 Å². The van der Waals surface area contributed by atoms with Gasteiger partial charge in [-0.05, 0) is 25.7 Å². The Bertz CT molecular complexity index is 344. The Morgan fingerprint density at radius 1 is 1.40 bits per heavy atom. The molecule has 0 heterocycles. The van der Waals surface area contributed by atoms with Gasteiger partial charge in [-0.2, -0.15) is 0 Å². The van der Waals surface area contributed by atoms with Crippen LogP contribution in [-0.2, 0) is 23.9 Å². The van der Waals surface area contributed by atoms with Crippen molar-refractivity contribution in [3.05, 3.63) is 0 Å². The fourth-order valence-electron chi connectivity index (χ4n) is 2.47. The van der Waals surface area contributed by atoms with E-state index in [1.54, 1.807) is 0 Å². The fourth-order valence-corrected chi connectivity index (χ4v) is 2.47. The van der Waals surface area contributed by atoms with Gasteiger partial charge in [0.15, 0.2) is 0 Å². The van der Waals surface area contributed by atoms with Gasteiger partial charge in [-0.1, -0.05) is 13.3 Å². The lowest BCUT2D eigenvalue weighted by atomic mass is 9.86. The third-order valence-electron chi connectivity index (χ3n) is 3.61. The Labute approximate surface area is 119 Å². The van der Waals surface area contributed by atoms with E-state index in [4.69, 9.17) is 4.74 Å². The van der Waals surface area contributed by atoms with Crippen LogP contribution in [0.15, 0.2) is 0 Å². The van der Waals surface area contributed by atoms with Crippen LogP contribution in [0.4, 0.5) is 0 Å². The highest BCUT2D eigenvalue weighted by molar-refractivity contribution is 5.85. The monoisotopic (exact) mass is 285 g/mol. The van der Waals surface area contributed by atoms with Crippen molar-refractivity contribution in [3.8, 4) is 0 Å². The van der Waals surface area contributed by atoms with Crippen LogP contribution in [-0.4, -0.2) is 44.0 Å². The topological polar surface area (TPSA) is 81.7 Å². The number of aldehydes is 1. The minimum atomic E-state index is -0.594. The molecule has 0 radical (unpaired) electrons. The summed E-state index contributed by atoms with van der Waals surface area (Å²) < 4.78 is 10.0. The summed E-state index contributed by atoms with van der Waals surface area (Å²) in [6.45, 7) is 1.89. The summed E-state index contributed by atoms with van der Waals surface area (Å²) >= 11 is 0. The summed E-state index contributed by atoms with van der Waals surface area (Å²) in [4.78, 5) is 33.9. The van der Waals surface area contributed by atoms with Gasteiger partial charge >= 0.3 is 5.97 Å². The standard InChI is InChI=1S/C14H23NO5/c1-3-12(14(18)19-2)15-13(17)10-5-4-6-11(9-10)20-8-7-16/h7,10-12H,3-6,8-9H2,1-2H3,(H,15,17)/t10-,11+,12?/m1/s1. The maximum atomic E-state index is 12.2. The second-order valence-corrected chi connectivity index (χ2v) is 4.98. The first-order valence-electron chi connectivity index (χ1n) is 7.05. The third kappa shape index (κ3) is 4.92. The number of esters is 1. The molecule has 1 fully saturated rings. The van der Waals surface area contributed by atoms with Crippen LogP contribution in [0.5, 0.6) is 0 Å². The van der Waals surface area contributed by atoms with Crippen LogP contribution in [0.25, 0.3) is 0 Å². The largest absolute Gasteiger partial charge is 0.467 e. The van der Waals surface area contributed by atoms with Crippen LogP contribution >= 0.6 is 0 Å². The molecule has 6 nitrogen and oxygen atoms in total. The van der Waals surface area contributed by atoms with Crippen LogP contribution < -0.4 is 5.32 Å². The van der Waals surface area contributed by atoms with E-state index in [-0.39, 0.29) is 24.5 Å². The highest BCUT2D eigenvalue weighted by atomic mass is 16.5. The van der Waals surface area contributed by atoms with Crippen molar-refractivity contribution in [2.45, 2.75) is 51.2 Å². The number of ether oxygens (including phenoxy) is 2. The first-order chi connectivity index (χ1) is 9.62. The molecular weight excluding hydrogens is 262 g/mol. The van der Waals surface area contributed by atoms with Gasteiger partial charge in [0.2, 0.25) is 5.91 Å². The van der Waals surface area contributed by atoms with Gasteiger partial charge in [0.05, 0.1) is 13.2 Å². The lowest BCUT2D eigenvalue weighted by Crippen LogP contribution is -2.45. The quantitative estimate of drug-likeness (QED) is 0.553. The Hall–Kier alpha value is -1.43. The van der Waals surface area contributed by atoms with Gasteiger partial charge in [-0.3, -0.25) is 4.79 Å². The summed E-state index contributed by atoms with van der Waals surface area (Å²) in [6, 6.07) is -0.594. The summed E-state index contributed by atoms with van der Waals surface area (Å²) in [7, 11) is 1.31. The molecule has 1 amide bonds.